The van der Waals surface area contributed by atoms with E-state index in [2.05, 4.69) is 28.1 Å². The van der Waals surface area contributed by atoms with Gasteiger partial charge in [0, 0.05) is 0 Å². The Bertz CT molecular complexity index is 520. The molecule has 3 heteroatoms. The third-order valence-corrected chi connectivity index (χ3v) is 3.62. The van der Waals surface area contributed by atoms with E-state index < -0.39 is 4.83 Å². The van der Waals surface area contributed by atoms with Gasteiger partial charge in [-0.25, -0.2) is 0 Å². The summed E-state index contributed by atoms with van der Waals surface area (Å²) in [4.78, 5) is 11.0. The van der Waals surface area contributed by atoms with Crippen LogP contribution in [-0.4, -0.2) is 13.1 Å². The quantitative estimate of drug-likeness (QED) is 0.634. The van der Waals surface area contributed by atoms with Crippen LogP contribution in [0.4, 0.5) is 0 Å². The van der Waals surface area contributed by atoms with Crippen molar-refractivity contribution in [2.45, 2.75) is 4.83 Å². The lowest BCUT2D eigenvalue weighted by atomic mass is 10.0. The topological polar surface area (TPSA) is 26.3 Å². The number of rotatable bonds is 3. The molecule has 2 rings (SSSR count). The number of esters is 1. The van der Waals surface area contributed by atoms with Gasteiger partial charge < -0.3 is 4.74 Å². The molecule has 0 amide bonds. The van der Waals surface area contributed by atoms with Gasteiger partial charge in [0.1, 0.15) is 4.83 Å². The molecule has 2 aromatic rings. The monoisotopic (exact) mass is 304 g/mol. The molecule has 0 radical (unpaired) electrons. The Morgan fingerprint density at radius 1 is 1.00 bits per heavy atom. The van der Waals surface area contributed by atoms with Crippen molar-refractivity contribution in [3.8, 4) is 11.1 Å². The second kappa shape index (κ2) is 5.83. The SMILES string of the molecule is COC(=O)[C@@H](Br)c1ccc(-c2ccccc2)cc1. The van der Waals surface area contributed by atoms with Gasteiger partial charge in [-0.05, 0) is 16.7 Å². The van der Waals surface area contributed by atoms with Crippen LogP contribution in [-0.2, 0) is 9.53 Å². The maximum absolute atomic E-state index is 11.4. The largest absolute Gasteiger partial charge is 0.468 e. The van der Waals surface area contributed by atoms with E-state index >= 15 is 0 Å². The maximum atomic E-state index is 11.4. The van der Waals surface area contributed by atoms with Gasteiger partial charge in [0.15, 0.2) is 0 Å². The Morgan fingerprint density at radius 3 is 2.11 bits per heavy atom. The maximum Gasteiger partial charge on any atom is 0.323 e. The number of carbonyl (C=O) groups is 1. The first-order valence-corrected chi connectivity index (χ1v) is 6.51. The molecular formula is C15H13BrO2. The van der Waals surface area contributed by atoms with Crippen molar-refractivity contribution in [2.75, 3.05) is 7.11 Å². The molecule has 0 heterocycles. The van der Waals surface area contributed by atoms with E-state index in [4.69, 9.17) is 4.74 Å². The minimum absolute atomic E-state index is 0.289. The first-order chi connectivity index (χ1) is 8.72. The molecule has 0 aliphatic rings. The molecule has 2 nitrogen and oxygen atoms in total. The average molecular weight is 305 g/mol. The van der Waals surface area contributed by atoms with Crippen LogP contribution in [0.15, 0.2) is 54.6 Å². The highest BCUT2D eigenvalue weighted by Gasteiger charge is 2.17. The van der Waals surface area contributed by atoms with Crippen LogP contribution in [0.3, 0.4) is 0 Å². The van der Waals surface area contributed by atoms with E-state index in [1.165, 1.54) is 7.11 Å². The Morgan fingerprint density at radius 2 is 1.56 bits per heavy atom. The summed E-state index contributed by atoms with van der Waals surface area (Å²) in [6.07, 6.45) is 0. The smallest absolute Gasteiger partial charge is 0.323 e. The number of benzene rings is 2. The second-order valence-electron chi connectivity index (χ2n) is 3.87. The van der Waals surface area contributed by atoms with Crippen LogP contribution >= 0.6 is 15.9 Å². The van der Waals surface area contributed by atoms with Gasteiger partial charge in [0.25, 0.3) is 0 Å². The highest BCUT2D eigenvalue weighted by atomic mass is 79.9. The van der Waals surface area contributed by atoms with Crippen molar-refractivity contribution in [1.82, 2.24) is 0 Å². The summed E-state index contributed by atoms with van der Waals surface area (Å²) in [6, 6.07) is 18.0. The molecule has 0 aromatic heterocycles. The lowest BCUT2D eigenvalue weighted by Crippen LogP contribution is -2.07. The van der Waals surface area contributed by atoms with Crippen LogP contribution in [0.2, 0.25) is 0 Å². The van der Waals surface area contributed by atoms with E-state index in [9.17, 15) is 4.79 Å². The van der Waals surface area contributed by atoms with Gasteiger partial charge in [0.05, 0.1) is 7.11 Å². The lowest BCUT2D eigenvalue weighted by Gasteiger charge is -2.09. The van der Waals surface area contributed by atoms with Gasteiger partial charge in [-0.2, -0.15) is 0 Å². The van der Waals surface area contributed by atoms with Crippen LogP contribution < -0.4 is 0 Å². The number of carbonyl (C=O) groups excluding carboxylic acids is 1. The van der Waals surface area contributed by atoms with Crippen molar-refractivity contribution < 1.29 is 9.53 Å². The molecule has 0 unspecified atom stereocenters. The van der Waals surface area contributed by atoms with E-state index in [1.54, 1.807) is 0 Å². The number of alkyl halides is 1. The molecule has 2 aromatic carbocycles. The van der Waals surface area contributed by atoms with Gasteiger partial charge in [-0.15, -0.1) is 0 Å². The first-order valence-electron chi connectivity index (χ1n) is 5.59. The number of halogens is 1. The fourth-order valence-electron chi connectivity index (χ4n) is 1.71. The van der Waals surface area contributed by atoms with Crippen molar-refractivity contribution in [1.29, 1.82) is 0 Å². The van der Waals surface area contributed by atoms with Crippen molar-refractivity contribution in [3.63, 3.8) is 0 Å². The number of hydrogen-bond acceptors (Lipinski definition) is 2. The zero-order chi connectivity index (χ0) is 13.0. The molecule has 0 spiro atoms. The van der Waals surface area contributed by atoms with Crippen LogP contribution in [0.5, 0.6) is 0 Å². The summed E-state index contributed by atoms with van der Waals surface area (Å²) in [5.74, 6) is -0.289. The Labute approximate surface area is 115 Å². The van der Waals surface area contributed by atoms with Crippen molar-refractivity contribution in [3.05, 3.63) is 60.2 Å². The predicted molar refractivity (Wildman–Crippen MR) is 75.6 cm³/mol. The molecule has 18 heavy (non-hydrogen) atoms. The predicted octanol–water partition coefficient (Wildman–Crippen LogP) is 3.96. The third kappa shape index (κ3) is 2.79. The van der Waals surface area contributed by atoms with E-state index in [0.29, 0.717) is 0 Å². The van der Waals surface area contributed by atoms with Gasteiger partial charge in [-0.3, -0.25) is 4.79 Å². The molecule has 0 fully saturated rings. The molecule has 1 atom stereocenters. The molecule has 0 N–H and O–H groups in total. The Hall–Kier alpha value is -1.61. The highest BCUT2D eigenvalue weighted by Crippen LogP contribution is 2.27. The minimum atomic E-state index is -0.410. The normalized spacial score (nSPS) is 11.9. The van der Waals surface area contributed by atoms with E-state index in [1.807, 2.05) is 42.5 Å². The van der Waals surface area contributed by atoms with Crippen molar-refractivity contribution in [2.24, 2.45) is 0 Å². The fourth-order valence-corrected chi connectivity index (χ4v) is 2.21. The van der Waals surface area contributed by atoms with E-state index in [0.717, 1.165) is 16.7 Å². The summed E-state index contributed by atoms with van der Waals surface area (Å²) >= 11 is 3.32. The Balaban J connectivity index is 2.23. The molecule has 0 aliphatic carbocycles. The third-order valence-electron chi connectivity index (χ3n) is 2.72. The summed E-state index contributed by atoms with van der Waals surface area (Å²) in [7, 11) is 1.38. The van der Waals surface area contributed by atoms with Gasteiger partial charge in [-0.1, -0.05) is 70.5 Å². The molecule has 92 valence electrons. The second-order valence-corrected chi connectivity index (χ2v) is 4.79. The zero-order valence-corrected chi connectivity index (χ0v) is 11.6. The summed E-state index contributed by atoms with van der Waals surface area (Å²) in [5, 5.41) is 0. The summed E-state index contributed by atoms with van der Waals surface area (Å²) in [6.45, 7) is 0. The molecule has 0 aliphatic heterocycles. The average Bonchev–Trinajstić information content (AvgIpc) is 2.47. The Kier molecular flexibility index (Phi) is 4.15. The molecular weight excluding hydrogens is 292 g/mol. The molecule has 0 saturated carbocycles. The highest BCUT2D eigenvalue weighted by molar-refractivity contribution is 9.09. The lowest BCUT2D eigenvalue weighted by molar-refractivity contribution is -0.139. The van der Waals surface area contributed by atoms with Gasteiger partial charge in [0.2, 0.25) is 0 Å². The van der Waals surface area contributed by atoms with Gasteiger partial charge >= 0.3 is 5.97 Å². The number of hydrogen-bond donors (Lipinski definition) is 0. The van der Waals surface area contributed by atoms with E-state index in [-0.39, 0.29) is 5.97 Å². The minimum Gasteiger partial charge on any atom is -0.468 e. The fraction of sp³-hybridized carbons (Fsp3) is 0.133. The number of ether oxygens (including phenoxy) is 1. The first kappa shape index (κ1) is 12.8. The molecule has 0 saturated heterocycles. The molecule has 0 bridgehead atoms. The van der Waals surface area contributed by atoms with Crippen LogP contribution in [0.25, 0.3) is 11.1 Å². The van der Waals surface area contributed by atoms with Crippen LogP contribution in [0, 0.1) is 0 Å². The van der Waals surface area contributed by atoms with Crippen LogP contribution in [0.1, 0.15) is 10.4 Å². The summed E-state index contributed by atoms with van der Waals surface area (Å²) < 4.78 is 4.70. The van der Waals surface area contributed by atoms with Crippen molar-refractivity contribution >= 4 is 21.9 Å². The number of methoxy groups -OCH3 is 1. The zero-order valence-electron chi connectivity index (χ0n) is 9.97. The summed E-state index contributed by atoms with van der Waals surface area (Å²) in [5.41, 5.74) is 3.18. The standard InChI is InChI=1S/C15H13BrO2/c1-18-15(17)14(16)13-9-7-12(8-10-13)11-5-3-2-4-6-11/h2-10,14H,1H3/t14-/m0/s1.